The summed E-state index contributed by atoms with van der Waals surface area (Å²) in [4.78, 5) is 5.22. The van der Waals surface area contributed by atoms with Crippen molar-refractivity contribution in [1.29, 1.82) is 0 Å². The van der Waals surface area contributed by atoms with Gasteiger partial charge in [0, 0.05) is 43.1 Å². The maximum absolute atomic E-state index is 6.58. The van der Waals surface area contributed by atoms with Crippen LogP contribution in [0.5, 0.6) is 0 Å². The zero-order chi connectivity index (χ0) is 10.8. The van der Waals surface area contributed by atoms with E-state index in [4.69, 9.17) is 5.73 Å². The number of rotatable bonds is 1. The van der Waals surface area contributed by atoms with Crippen LogP contribution in [0.25, 0.3) is 0 Å². The van der Waals surface area contributed by atoms with Gasteiger partial charge in [-0.1, -0.05) is 20.8 Å². The molecule has 4 rings (SSSR count). The molecule has 0 amide bonds. The maximum Gasteiger partial charge on any atom is 0.0507 e. The van der Waals surface area contributed by atoms with Crippen molar-refractivity contribution in [1.82, 2.24) is 9.80 Å². The van der Waals surface area contributed by atoms with Gasteiger partial charge in [-0.25, -0.2) is 0 Å². The van der Waals surface area contributed by atoms with Crippen LogP contribution in [-0.4, -0.2) is 48.7 Å². The van der Waals surface area contributed by atoms with Crippen molar-refractivity contribution in [3.8, 4) is 0 Å². The lowest BCUT2D eigenvalue weighted by atomic mass is 9.55. The Morgan fingerprint density at radius 2 is 1.67 bits per heavy atom. The van der Waals surface area contributed by atoms with E-state index in [1.165, 1.54) is 32.8 Å². The molecule has 4 fully saturated rings. The smallest absolute Gasteiger partial charge is 0.0507 e. The standard InChI is InChI=1S/C12H23N3/c1-9(2)12-6-14-4-11(3,10(12)13)5-15(7-12)8-14/h9-10H,4-8,13H2,1-3H3. The van der Waals surface area contributed by atoms with Crippen LogP contribution >= 0.6 is 0 Å². The third-order valence-corrected chi connectivity index (χ3v) is 5.13. The molecule has 2 N–H and O–H groups in total. The van der Waals surface area contributed by atoms with Crippen molar-refractivity contribution in [3.63, 3.8) is 0 Å². The SMILES string of the molecule is CC(C)C12CN3CN(CC(C)(C3)C1N)C2. The van der Waals surface area contributed by atoms with Gasteiger partial charge in [0.05, 0.1) is 6.67 Å². The summed E-state index contributed by atoms with van der Waals surface area (Å²) in [6.45, 7) is 13.1. The van der Waals surface area contributed by atoms with Crippen LogP contribution in [0.15, 0.2) is 0 Å². The Morgan fingerprint density at radius 1 is 1.13 bits per heavy atom. The molecule has 4 aliphatic heterocycles. The van der Waals surface area contributed by atoms with Gasteiger partial charge in [0.25, 0.3) is 0 Å². The Balaban J connectivity index is 2.03. The fourth-order valence-electron chi connectivity index (χ4n) is 4.36. The van der Waals surface area contributed by atoms with E-state index in [0.29, 0.717) is 22.8 Å². The molecule has 4 saturated heterocycles. The van der Waals surface area contributed by atoms with Crippen molar-refractivity contribution in [2.45, 2.75) is 26.8 Å². The number of nitrogens with two attached hydrogens (primary N) is 1. The number of hydrogen-bond acceptors (Lipinski definition) is 3. The Morgan fingerprint density at radius 3 is 2.13 bits per heavy atom. The first kappa shape index (κ1) is 10.1. The molecule has 86 valence electrons. The van der Waals surface area contributed by atoms with E-state index in [1.54, 1.807) is 0 Å². The van der Waals surface area contributed by atoms with E-state index >= 15 is 0 Å². The van der Waals surface area contributed by atoms with Crippen LogP contribution < -0.4 is 5.73 Å². The van der Waals surface area contributed by atoms with Crippen LogP contribution in [0.1, 0.15) is 20.8 Å². The number of piperidine rings is 2. The molecule has 0 aromatic heterocycles. The predicted molar refractivity (Wildman–Crippen MR) is 61.4 cm³/mol. The second-order valence-corrected chi connectivity index (χ2v) is 6.64. The Bertz CT molecular complexity index is 273. The summed E-state index contributed by atoms with van der Waals surface area (Å²) >= 11 is 0. The van der Waals surface area contributed by atoms with Crippen LogP contribution in [-0.2, 0) is 0 Å². The Kier molecular flexibility index (Phi) is 1.85. The highest BCUT2D eigenvalue weighted by Crippen LogP contribution is 2.51. The summed E-state index contributed by atoms with van der Waals surface area (Å²) in [5.41, 5.74) is 7.27. The van der Waals surface area contributed by atoms with E-state index in [1.807, 2.05) is 0 Å². The van der Waals surface area contributed by atoms with Crippen molar-refractivity contribution in [2.75, 3.05) is 32.8 Å². The summed E-state index contributed by atoms with van der Waals surface area (Å²) in [7, 11) is 0. The van der Waals surface area contributed by atoms with Gasteiger partial charge < -0.3 is 5.73 Å². The Hall–Kier alpha value is -0.120. The van der Waals surface area contributed by atoms with Gasteiger partial charge in [0.2, 0.25) is 0 Å². The van der Waals surface area contributed by atoms with Crippen molar-refractivity contribution in [3.05, 3.63) is 0 Å². The van der Waals surface area contributed by atoms with E-state index in [9.17, 15) is 0 Å². The summed E-state index contributed by atoms with van der Waals surface area (Å²) in [5, 5.41) is 0. The second kappa shape index (κ2) is 2.76. The van der Waals surface area contributed by atoms with E-state index in [2.05, 4.69) is 30.6 Å². The van der Waals surface area contributed by atoms with Gasteiger partial charge in [-0.15, -0.1) is 0 Å². The van der Waals surface area contributed by atoms with Crippen LogP contribution in [0, 0.1) is 16.7 Å². The number of hydrogen-bond donors (Lipinski definition) is 1. The molecule has 0 saturated carbocycles. The molecule has 3 heteroatoms. The van der Waals surface area contributed by atoms with Gasteiger partial charge in [-0.05, 0) is 5.92 Å². The molecular formula is C12H23N3. The first-order chi connectivity index (χ1) is 6.96. The average molecular weight is 209 g/mol. The molecule has 4 heterocycles. The molecule has 3 atom stereocenters. The molecule has 0 aliphatic carbocycles. The van der Waals surface area contributed by atoms with Crippen LogP contribution in [0.2, 0.25) is 0 Å². The van der Waals surface area contributed by atoms with Gasteiger partial charge in [0.1, 0.15) is 0 Å². The summed E-state index contributed by atoms with van der Waals surface area (Å²) in [6.07, 6.45) is 0. The van der Waals surface area contributed by atoms with Gasteiger partial charge in [-0.3, -0.25) is 9.80 Å². The van der Waals surface area contributed by atoms with Gasteiger partial charge in [0.15, 0.2) is 0 Å². The van der Waals surface area contributed by atoms with Gasteiger partial charge >= 0.3 is 0 Å². The minimum absolute atomic E-state index is 0.332. The topological polar surface area (TPSA) is 32.5 Å². The van der Waals surface area contributed by atoms with E-state index in [-0.39, 0.29) is 0 Å². The van der Waals surface area contributed by atoms with Crippen LogP contribution in [0.4, 0.5) is 0 Å². The molecule has 4 bridgehead atoms. The third-order valence-electron chi connectivity index (χ3n) is 5.13. The number of nitrogens with zero attached hydrogens (tertiary/aromatic N) is 2. The van der Waals surface area contributed by atoms with Crippen molar-refractivity contribution < 1.29 is 0 Å². The molecule has 0 aromatic rings. The normalized spacial score (nSPS) is 57.8. The summed E-state index contributed by atoms with van der Waals surface area (Å²) < 4.78 is 0. The maximum atomic E-state index is 6.58. The minimum Gasteiger partial charge on any atom is -0.327 e. The highest BCUT2D eigenvalue weighted by Gasteiger charge is 2.60. The third kappa shape index (κ3) is 1.12. The average Bonchev–Trinajstić information content (AvgIpc) is 2.12. The largest absolute Gasteiger partial charge is 0.327 e. The lowest BCUT2D eigenvalue weighted by molar-refractivity contribution is -0.188. The first-order valence-electron chi connectivity index (χ1n) is 6.17. The molecular weight excluding hydrogens is 186 g/mol. The highest BCUT2D eigenvalue weighted by atomic mass is 15.4. The fraction of sp³-hybridized carbons (Fsp3) is 1.00. The van der Waals surface area contributed by atoms with Crippen molar-refractivity contribution >= 4 is 0 Å². The molecule has 15 heavy (non-hydrogen) atoms. The zero-order valence-electron chi connectivity index (χ0n) is 10.2. The van der Waals surface area contributed by atoms with Gasteiger partial charge in [-0.2, -0.15) is 0 Å². The minimum atomic E-state index is 0.332. The molecule has 0 radical (unpaired) electrons. The zero-order valence-corrected chi connectivity index (χ0v) is 10.2. The molecule has 0 aromatic carbocycles. The lowest BCUT2D eigenvalue weighted by Crippen LogP contribution is -2.80. The van der Waals surface area contributed by atoms with Crippen molar-refractivity contribution in [2.24, 2.45) is 22.5 Å². The monoisotopic (exact) mass is 209 g/mol. The fourth-order valence-corrected chi connectivity index (χ4v) is 4.36. The summed E-state index contributed by atoms with van der Waals surface area (Å²) in [5.74, 6) is 0.692. The van der Waals surface area contributed by atoms with E-state index < -0.39 is 0 Å². The molecule has 3 nitrogen and oxygen atoms in total. The van der Waals surface area contributed by atoms with E-state index in [0.717, 1.165) is 0 Å². The summed E-state index contributed by atoms with van der Waals surface area (Å²) in [6, 6.07) is 0.387. The quantitative estimate of drug-likeness (QED) is 0.685. The Labute approximate surface area is 92.6 Å². The molecule has 4 aliphatic rings. The molecule has 3 unspecified atom stereocenters. The first-order valence-corrected chi connectivity index (χ1v) is 6.17. The molecule has 0 spiro atoms. The highest BCUT2D eigenvalue weighted by molar-refractivity contribution is 5.14. The predicted octanol–water partition coefficient (Wildman–Crippen LogP) is 0.565. The van der Waals surface area contributed by atoms with Crippen LogP contribution in [0.3, 0.4) is 0 Å². The lowest BCUT2D eigenvalue weighted by Gasteiger charge is -2.68. The second-order valence-electron chi connectivity index (χ2n) is 6.64.